The molecule has 0 bridgehead atoms. The van der Waals surface area contributed by atoms with Crippen LogP contribution in [0.2, 0.25) is 0 Å². The van der Waals surface area contributed by atoms with Gasteiger partial charge in [0.25, 0.3) is 0 Å². The number of carbonyl (C=O) groups excluding carboxylic acids is 2. The number of Topliss-reactive ketones (excluding diaryl/α,β-unsaturated/α-hetero) is 1. The third-order valence-electron chi connectivity index (χ3n) is 6.65. The van der Waals surface area contributed by atoms with E-state index in [9.17, 15) is 9.59 Å². The van der Waals surface area contributed by atoms with Crippen molar-refractivity contribution in [2.24, 2.45) is 17.3 Å². The first kappa shape index (κ1) is 15.9. The first-order chi connectivity index (χ1) is 11.5. The number of allylic oxidation sites excluding steroid dienone is 3. The standard InChI is InChI=1S/C20H27NO3/c1-3-24-19(23)15-10-16-17(21-12(15)2)8-14(9-18(16)22)13-4-5-20(11-13)6-7-20/h13-14,21H,3-11H2,1-2H3. The van der Waals surface area contributed by atoms with Crippen molar-refractivity contribution in [1.82, 2.24) is 5.32 Å². The van der Waals surface area contributed by atoms with Crippen LogP contribution < -0.4 is 5.32 Å². The Labute approximate surface area is 143 Å². The normalized spacial score (nSPS) is 31.2. The monoisotopic (exact) mass is 329 g/mol. The van der Waals surface area contributed by atoms with Crippen LogP contribution in [0.25, 0.3) is 0 Å². The number of nitrogens with one attached hydrogen (secondary N) is 1. The molecule has 0 radical (unpaired) electrons. The summed E-state index contributed by atoms with van der Waals surface area (Å²) < 4.78 is 5.13. The molecule has 24 heavy (non-hydrogen) atoms. The Balaban J connectivity index is 1.48. The van der Waals surface area contributed by atoms with Gasteiger partial charge in [0.1, 0.15) is 0 Å². The summed E-state index contributed by atoms with van der Waals surface area (Å²) in [5.41, 5.74) is 4.01. The molecule has 2 atom stereocenters. The second-order valence-electron chi connectivity index (χ2n) is 8.18. The fourth-order valence-electron chi connectivity index (χ4n) is 4.99. The second kappa shape index (κ2) is 5.75. The van der Waals surface area contributed by atoms with Gasteiger partial charge in [-0.15, -0.1) is 0 Å². The van der Waals surface area contributed by atoms with E-state index in [1.54, 1.807) is 6.92 Å². The molecule has 1 spiro atoms. The molecule has 2 fully saturated rings. The summed E-state index contributed by atoms with van der Waals surface area (Å²) in [5, 5.41) is 3.37. The maximum Gasteiger partial charge on any atom is 0.336 e. The van der Waals surface area contributed by atoms with Crippen LogP contribution >= 0.6 is 0 Å². The van der Waals surface area contributed by atoms with Crippen molar-refractivity contribution >= 4 is 11.8 Å². The minimum atomic E-state index is -0.296. The molecular formula is C20H27NO3. The number of esters is 1. The van der Waals surface area contributed by atoms with E-state index in [0.29, 0.717) is 42.3 Å². The van der Waals surface area contributed by atoms with Gasteiger partial charge in [0.05, 0.1) is 12.2 Å². The lowest BCUT2D eigenvalue weighted by molar-refractivity contribution is -0.138. The zero-order chi connectivity index (χ0) is 16.9. The van der Waals surface area contributed by atoms with Crippen molar-refractivity contribution in [2.45, 2.75) is 65.2 Å². The molecule has 0 aromatic rings. The fourth-order valence-corrected chi connectivity index (χ4v) is 4.99. The van der Waals surface area contributed by atoms with E-state index in [0.717, 1.165) is 23.4 Å². The predicted molar refractivity (Wildman–Crippen MR) is 90.9 cm³/mol. The molecule has 0 aromatic carbocycles. The highest BCUT2D eigenvalue weighted by molar-refractivity contribution is 6.01. The first-order valence-corrected chi connectivity index (χ1v) is 9.40. The van der Waals surface area contributed by atoms with Crippen molar-refractivity contribution in [1.29, 1.82) is 0 Å². The van der Waals surface area contributed by atoms with Crippen molar-refractivity contribution in [3.8, 4) is 0 Å². The Morgan fingerprint density at radius 2 is 2.04 bits per heavy atom. The highest BCUT2D eigenvalue weighted by Gasteiger charge is 2.50. The van der Waals surface area contributed by atoms with Crippen LogP contribution in [0.15, 0.2) is 22.5 Å². The summed E-state index contributed by atoms with van der Waals surface area (Å²) in [5.74, 6) is 1.14. The lowest BCUT2D eigenvalue weighted by atomic mass is 9.75. The SMILES string of the molecule is CCOC(=O)C1=C(C)NC2=C(C1)C(=O)CC(C1CCC3(CC3)C1)C2. The van der Waals surface area contributed by atoms with Crippen molar-refractivity contribution in [3.63, 3.8) is 0 Å². The van der Waals surface area contributed by atoms with Crippen LogP contribution in [-0.2, 0) is 14.3 Å². The predicted octanol–water partition coefficient (Wildman–Crippen LogP) is 3.63. The molecule has 2 unspecified atom stereocenters. The molecule has 4 heteroatoms. The topological polar surface area (TPSA) is 55.4 Å². The molecule has 2 saturated carbocycles. The van der Waals surface area contributed by atoms with Crippen molar-refractivity contribution < 1.29 is 14.3 Å². The third kappa shape index (κ3) is 2.70. The minimum Gasteiger partial charge on any atom is -0.463 e. The van der Waals surface area contributed by atoms with Gasteiger partial charge in [0.2, 0.25) is 0 Å². The summed E-state index contributed by atoms with van der Waals surface area (Å²) in [4.78, 5) is 24.8. The third-order valence-corrected chi connectivity index (χ3v) is 6.65. The van der Waals surface area contributed by atoms with Gasteiger partial charge in [-0.25, -0.2) is 4.79 Å². The highest BCUT2D eigenvalue weighted by Crippen LogP contribution is 2.61. The molecule has 1 aliphatic heterocycles. The maximum atomic E-state index is 12.7. The molecule has 130 valence electrons. The molecule has 0 aromatic heterocycles. The van der Waals surface area contributed by atoms with E-state index in [4.69, 9.17) is 4.74 Å². The number of rotatable bonds is 3. The second-order valence-corrected chi connectivity index (χ2v) is 8.18. The average Bonchev–Trinajstić information content (AvgIpc) is 3.16. The molecule has 4 nitrogen and oxygen atoms in total. The summed E-state index contributed by atoms with van der Waals surface area (Å²) in [6.07, 6.45) is 8.87. The molecule has 0 amide bonds. The zero-order valence-electron chi connectivity index (χ0n) is 14.7. The molecule has 1 heterocycles. The lowest BCUT2D eigenvalue weighted by Crippen LogP contribution is -2.34. The van der Waals surface area contributed by atoms with Crippen LogP contribution in [0, 0.1) is 17.3 Å². The van der Waals surface area contributed by atoms with Crippen LogP contribution in [0.5, 0.6) is 0 Å². The minimum absolute atomic E-state index is 0.236. The Hall–Kier alpha value is -1.58. The number of ketones is 1. The van der Waals surface area contributed by atoms with Crippen LogP contribution in [0.3, 0.4) is 0 Å². The Morgan fingerprint density at radius 1 is 1.25 bits per heavy atom. The number of hydrogen-bond donors (Lipinski definition) is 1. The van der Waals surface area contributed by atoms with E-state index in [1.165, 1.54) is 32.1 Å². The Bertz CT molecular complexity index is 654. The van der Waals surface area contributed by atoms with Gasteiger partial charge in [-0.2, -0.15) is 0 Å². The first-order valence-electron chi connectivity index (χ1n) is 9.40. The molecular weight excluding hydrogens is 302 g/mol. The van der Waals surface area contributed by atoms with E-state index in [-0.39, 0.29) is 11.8 Å². The lowest BCUT2D eigenvalue weighted by Gasteiger charge is -2.34. The van der Waals surface area contributed by atoms with Gasteiger partial charge in [-0.05, 0) is 69.6 Å². The quantitative estimate of drug-likeness (QED) is 0.803. The Morgan fingerprint density at radius 3 is 2.71 bits per heavy atom. The van der Waals surface area contributed by atoms with E-state index < -0.39 is 0 Å². The van der Waals surface area contributed by atoms with Crippen LogP contribution in [0.4, 0.5) is 0 Å². The molecule has 1 N–H and O–H groups in total. The largest absolute Gasteiger partial charge is 0.463 e. The zero-order valence-corrected chi connectivity index (χ0v) is 14.7. The number of ether oxygens (including phenoxy) is 1. The van der Waals surface area contributed by atoms with Crippen LogP contribution in [0.1, 0.15) is 65.2 Å². The molecule has 3 aliphatic carbocycles. The van der Waals surface area contributed by atoms with E-state index in [2.05, 4.69) is 5.32 Å². The molecule has 0 saturated heterocycles. The maximum absolute atomic E-state index is 12.7. The van der Waals surface area contributed by atoms with Crippen LogP contribution in [-0.4, -0.2) is 18.4 Å². The number of dihydropyridines is 1. The van der Waals surface area contributed by atoms with E-state index in [1.807, 2.05) is 6.92 Å². The van der Waals surface area contributed by atoms with Gasteiger partial charge < -0.3 is 10.1 Å². The number of hydrogen-bond acceptors (Lipinski definition) is 4. The van der Waals surface area contributed by atoms with Gasteiger partial charge in [0.15, 0.2) is 5.78 Å². The number of carbonyl (C=O) groups is 2. The average molecular weight is 329 g/mol. The summed E-state index contributed by atoms with van der Waals surface area (Å²) in [7, 11) is 0. The smallest absolute Gasteiger partial charge is 0.336 e. The Kier molecular flexibility index (Phi) is 3.81. The fraction of sp³-hybridized carbons (Fsp3) is 0.700. The summed E-state index contributed by atoms with van der Waals surface area (Å²) >= 11 is 0. The summed E-state index contributed by atoms with van der Waals surface area (Å²) in [6, 6.07) is 0. The van der Waals surface area contributed by atoms with Crippen molar-refractivity contribution in [2.75, 3.05) is 6.61 Å². The van der Waals surface area contributed by atoms with Gasteiger partial charge >= 0.3 is 5.97 Å². The van der Waals surface area contributed by atoms with Gasteiger partial charge in [-0.1, -0.05) is 0 Å². The summed E-state index contributed by atoms with van der Waals surface area (Å²) in [6.45, 7) is 4.08. The van der Waals surface area contributed by atoms with Gasteiger partial charge in [0, 0.05) is 29.8 Å². The highest BCUT2D eigenvalue weighted by atomic mass is 16.5. The van der Waals surface area contributed by atoms with Gasteiger partial charge in [-0.3, -0.25) is 4.79 Å². The molecule has 4 rings (SSSR count). The van der Waals surface area contributed by atoms with Crippen molar-refractivity contribution in [3.05, 3.63) is 22.5 Å². The molecule has 4 aliphatic rings. The van der Waals surface area contributed by atoms with E-state index >= 15 is 0 Å².